The van der Waals surface area contributed by atoms with Gasteiger partial charge >= 0.3 is 0 Å². The summed E-state index contributed by atoms with van der Waals surface area (Å²) in [6.45, 7) is 2.36. The van der Waals surface area contributed by atoms with Crippen molar-refractivity contribution in [3.05, 3.63) is 70.0 Å². The number of rotatable bonds is 3. The average Bonchev–Trinajstić information content (AvgIpc) is 2.96. The zero-order valence-corrected chi connectivity index (χ0v) is 14.4. The predicted molar refractivity (Wildman–Crippen MR) is 99.1 cm³/mol. The molecule has 0 radical (unpaired) electrons. The first kappa shape index (κ1) is 15.3. The van der Waals surface area contributed by atoms with Crippen LogP contribution in [-0.4, -0.2) is 9.97 Å². The lowest BCUT2D eigenvalue weighted by atomic mass is 10.1. The fourth-order valence-corrected chi connectivity index (χ4v) is 3.40. The first-order chi connectivity index (χ1) is 11.6. The molecule has 0 spiro atoms. The molecule has 0 saturated carbocycles. The summed E-state index contributed by atoms with van der Waals surface area (Å²) in [4.78, 5) is 7.83. The SMILES string of the molecule is Cc1ccc2nc(COc3c(Cl)cc(Cl)c4ccccc34)[nH]c2c1. The maximum Gasteiger partial charge on any atom is 0.146 e. The molecule has 0 aliphatic carbocycles. The number of hydrogen-bond acceptors (Lipinski definition) is 2. The van der Waals surface area contributed by atoms with Gasteiger partial charge in [0.25, 0.3) is 0 Å². The largest absolute Gasteiger partial charge is 0.483 e. The van der Waals surface area contributed by atoms with Gasteiger partial charge in [-0.05, 0) is 30.7 Å². The van der Waals surface area contributed by atoms with Crippen LogP contribution in [0.5, 0.6) is 5.75 Å². The molecule has 0 bridgehead atoms. The summed E-state index contributed by atoms with van der Waals surface area (Å²) in [5, 5.41) is 2.91. The van der Waals surface area contributed by atoms with Crippen molar-refractivity contribution in [3.8, 4) is 5.75 Å². The number of aromatic nitrogens is 2. The Balaban J connectivity index is 1.69. The Kier molecular flexibility index (Phi) is 3.83. The number of ether oxygens (including phenoxy) is 1. The normalized spacial score (nSPS) is 11.3. The fraction of sp³-hybridized carbons (Fsp3) is 0.105. The van der Waals surface area contributed by atoms with E-state index in [0.717, 1.165) is 27.6 Å². The summed E-state index contributed by atoms with van der Waals surface area (Å²) in [6.07, 6.45) is 0. The second kappa shape index (κ2) is 6.00. The lowest BCUT2D eigenvalue weighted by molar-refractivity contribution is 0.301. The summed E-state index contributed by atoms with van der Waals surface area (Å²) >= 11 is 12.6. The van der Waals surface area contributed by atoms with E-state index in [4.69, 9.17) is 27.9 Å². The molecule has 24 heavy (non-hydrogen) atoms. The molecule has 1 N–H and O–H groups in total. The van der Waals surface area contributed by atoms with Crippen LogP contribution in [0.4, 0.5) is 0 Å². The van der Waals surface area contributed by atoms with Gasteiger partial charge in [0, 0.05) is 10.8 Å². The monoisotopic (exact) mass is 356 g/mol. The molecule has 5 heteroatoms. The number of halogens is 2. The van der Waals surface area contributed by atoms with Crippen LogP contribution in [0.3, 0.4) is 0 Å². The molecule has 0 atom stereocenters. The Morgan fingerprint density at radius 2 is 1.79 bits per heavy atom. The van der Waals surface area contributed by atoms with Crippen LogP contribution in [0.15, 0.2) is 48.5 Å². The van der Waals surface area contributed by atoms with Gasteiger partial charge in [-0.1, -0.05) is 53.5 Å². The minimum atomic E-state index is 0.305. The number of aromatic amines is 1. The number of aryl methyl sites for hydroxylation is 1. The molecule has 0 aliphatic rings. The Labute approximate surface area is 149 Å². The van der Waals surface area contributed by atoms with Crippen molar-refractivity contribution in [2.75, 3.05) is 0 Å². The Morgan fingerprint density at radius 1 is 1.00 bits per heavy atom. The molecule has 4 aromatic rings. The van der Waals surface area contributed by atoms with Crippen molar-refractivity contribution in [3.63, 3.8) is 0 Å². The van der Waals surface area contributed by atoms with Crippen LogP contribution < -0.4 is 4.74 Å². The molecule has 1 heterocycles. The third-order valence-electron chi connectivity index (χ3n) is 3.94. The minimum absolute atomic E-state index is 0.305. The van der Waals surface area contributed by atoms with Crippen molar-refractivity contribution >= 4 is 45.0 Å². The molecule has 4 rings (SSSR count). The van der Waals surface area contributed by atoms with E-state index in [9.17, 15) is 0 Å². The zero-order valence-electron chi connectivity index (χ0n) is 12.9. The van der Waals surface area contributed by atoms with Crippen molar-refractivity contribution in [1.29, 1.82) is 0 Å². The Bertz CT molecular complexity index is 1060. The number of nitrogens with zero attached hydrogens (tertiary/aromatic N) is 1. The van der Waals surface area contributed by atoms with Crippen LogP contribution >= 0.6 is 23.2 Å². The quantitative estimate of drug-likeness (QED) is 0.495. The lowest BCUT2D eigenvalue weighted by Gasteiger charge is -2.11. The topological polar surface area (TPSA) is 37.9 Å². The van der Waals surface area contributed by atoms with E-state index in [1.54, 1.807) is 6.07 Å². The van der Waals surface area contributed by atoms with Crippen molar-refractivity contribution in [2.45, 2.75) is 13.5 Å². The highest BCUT2D eigenvalue weighted by molar-refractivity contribution is 6.39. The van der Waals surface area contributed by atoms with Gasteiger partial charge < -0.3 is 9.72 Å². The van der Waals surface area contributed by atoms with Gasteiger partial charge in [0.05, 0.1) is 21.1 Å². The Hall–Kier alpha value is -2.23. The number of hydrogen-bond donors (Lipinski definition) is 1. The molecule has 1 aromatic heterocycles. The summed E-state index contributed by atoms with van der Waals surface area (Å²) in [6, 6.07) is 15.6. The van der Waals surface area contributed by atoms with Crippen molar-refractivity contribution in [2.24, 2.45) is 0 Å². The summed E-state index contributed by atoms with van der Waals surface area (Å²) in [5.74, 6) is 1.37. The summed E-state index contributed by atoms with van der Waals surface area (Å²) in [7, 11) is 0. The molecule has 0 saturated heterocycles. The van der Waals surface area contributed by atoms with E-state index in [2.05, 4.69) is 23.0 Å². The first-order valence-electron chi connectivity index (χ1n) is 7.56. The third kappa shape index (κ3) is 2.70. The second-order valence-corrected chi connectivity index (χ2v) is 6.52. The molecule has 0 aliphatic heterocycles. The highest BCUT2D eigenvalue weighted by Crippen LogP contribution is 2.38. The van der Waals surface area contributed by atoms with Gasteiger partial charge in [-0.25, -0.2) is 4.98 Å². The van der Waals surface area contributed by atoms with Gasteiger partial charge in [0.15, 0.2) is 0 Å². The number of nitrogens with one attached hydrogen (secondary N) is 1. The van der Waals surface area contributed by atoms with Gasteiger partial charge in [-0.15, -0.1) is 0 Å². The highest BCUT2D eigenvalue weighted by Gasteiger charge is 2.12. The van der Waals surface area contributed by atoms with E-state index < -0.39 is 0 Å². The second-order valence-electron chi connectivity index (χ2n) is 5.71. The molecule has 3 aromatic carbocycles. The standard InChI is InChI=1S/C19H14Cl2N2O/c1-11-6-7-16-17(8-11)23-18(22-16)10-24-19-13-5-3-2-4-12(13)14(20)9-15(19)21/h2-9H,10H2,1H3,(H,22,23). The van der Waals surface area contributed by atoms with Crippen LogP contribution in [0.1, 0.15) is 11.4 Å². The third-order valence-corrected chi connectivity index (χ3v) is 4.53. The van der Waals surface area contributed by atoms with E-state index in [1.807, 2.05) is 36.4 Å². The van der Waals surface area contributed by atoms with Gasteiger partial charge in [0.1, 0.15) is 18.2 Å². The number of fused-ring (bicyclic) bond motifs is 2. The number of H-pyrrole nitrogens is 1. The van der Waals surface area contributed by atoms with Crippen LogP contribution in [0, 0.1) is 6.92 Å². The maximum atomic E-state index is 6.33. The molecule has 0 fully saturated rings. The summed E-state index contributed by atoms with van der Waals surface area (Å²) < 4.78 is 5.97. The maximum absolute atomic E-state index is 6.33. The predicted octanol–water partition coefficient (Wildman–Crippen LogP) is 5.91. The summed E-state index contributed by atoms with van der Waals surface area (Å²) in [5.41, 5.74) is 3.11. The van der Waals surface area contributed by atoms with E-state index in [0.29, 0.717) is 22.4 Å². The van der Waals surface area contributed by atoms with Crippen molar-refractivity contribution in [1.82, 2.24) is 9.97 Å². The average molecular weight is 357 g/mol. The molecule has 120 valence electrons. The molecule has 0 amide bonds. The number of benzene rings is 3. The van der Waals surface area contributed by atoms with E-state index in [-0.39, 0.29) is 0 Å². The van der Waals surface area contributed by atoms with Crippen molar-refractivity contribution < 1.29 is 4.74 Å². The highest BCUT2D eigenvalue weighted by atomic mass is 35.5. The molecular weight excluding hydrogens is 343 g/mol. The van der Waals surface area contributed by atoms with Crippen LogP contribution in [0.2, 0.25) is 10.0 Å². The van der Waals surface area contributed by atoms with Gasteiger partial charge in [0.2, 0.25) is 0 Å². The van der Waals surface area contributed by atoms with E-state index >= 15 is 0 Å². The molecular formula is C19H14Cl2N2O. The van der Waals surface area contributed by atoms with Gasteiger partial charge in [-0.3, -0.25) is 0 Å². The number of imidazole rings is 1. The Morgan fingerprint density at radius 3 is 2.62 bits per heavy atom. The lowest BCUT2D eigenvalue weighted by Crippen LogP contribution is -1.99. The van der Waals surface area contributed by atoms with Gasteiger partial charge in [-0.2, -0.15) is 0 Å². The van der Waals surface area contributed by atoms with Crippen LogP contribution in [0.25, 0.3) is 21.8 Å². The minimum Gasteiger partial charge on any atom is -0.483 e. The van der Waals surface area contributed by atoms with Crippen LogP contribution in [-0.2, 0) is 6.61 Å². The van der Waals surface area contributed by atoms with E-state index in [1.165, 1.54) is 5.56 Å². The fourth-order valence-electron chi connectivity index (χ4n) is 2.80. The molecule has 0 unspecified atom stereocenters. The zero-order chi connectivity index (χ0) is 16.7. The molecule has 3 nitrogen and oxygen atoms in total. The first-order valence-corrected chi connectivity index (χ1v) is 8.32. The smallest absolute Gasteiger partial charge is 0.146 e.